The predicted molar refractivity (Wildman–Crippen MR) is 61.2 cm³/mol. The second-order valence-electron chi connectivity index (χ2n) is 3.42. The standard InChI is InChI=1S/C9H18N2O3S/c1-6(5-15-4)11(3)9(14)10-7(2)8(12)13/h6-7H,5H2,1-4H3,(H,10,14)(H,12,13). The van der Waals surface area contributed by atoms with E-state index in [0.29, 0.717) is 0 Å². The van der Waals surface area contributed by atoms with E-state index in [4.69, 9.17) is 5.11 Å². The van der Waals surface area contributed by atoms with Gasteiger partial charge in [-0.05, 0) is 20.1 Å². The van der Waals surface area contributed by atoms with Gasteiger partial charge >= 0.3 is 12.0 Å². The van der Waals surface area contributed by atoms with Crippen LogP contribution in [-0.4, -0.2) is 53.1 Å². The van der Waals surface area contributed by atoms with Crippen molar-refractivity contribution in [3.8, 4) is 0 Å². The number of carbonyl (C=O) groups excluding carboxylic acids is 1. The molecule has 15 heavy (non-hydrogen) atoms. The van der Waals surface area contributed by atoms with Gasteiger partial charge in [0.2, 0.25) is 0 Å². The smallest absolute Gasteiger partial charge is 0.325 e. The van der Waals surface area contributed by atoms with E-state index in [1.165, 1.54) is 11.8 Å². The molecule has 2 amide bonds. The molecule has 0 spiro atoms. The molecule has 0 aliphatic carbocycles. The van der Waals surface area contributed by atoms with Gasteiger partial charge in [0.1, 0.15) is 6.04 Å². The average Bonchev–Trinajstić information content (AvgIpc) is 2.16. The molecule has 0 aromatic rings. The Hall–Kier alpha value is -0.910. The number of carbonyl (C=O) groups is 2. The third-order valence-corrected chi connectivity index (χ3v) is 2.92. The summed E-state index contributed by atoms with van der Waals surface area (Å²) in [7, 11) is 1.66. The summed E-state index contributed by atoms with van der Waals surface area (Å²) in [4.78, 5) is 23.5. The summed E-state index contributed by atoms with van der Waals surface area (Å²) in [5, 5.41) is 11.0. The molecule has 0 aliphatic rings. The number of nitrogens with zero attached hydrogens (tertiary/aromatic N) is 1. The van der Waals surface area contributed by atoms with Gasteiger partial charge in [0.05, 0.1) is 0 Å². The fraction of sp³-hybridized carbons (Fsp3) is 0.778. The molecule has 0 heterocycles. The first-order valence-corrected chi connectivity index (χ1v) is 6.04. The van der Waals surface area contributed by atoms with Crippen molar-refractivity contribution in [2.45, 2.75) is 25.9 Å². The molecule has 2 N–H and O–H groups in total. The monoisotopic (exact) mass is 234 g/mol. The van der Waals surface area contributed by atoms with Crippen LogP contribution < -0.4 is 5.32 Å². The minimum atomic E-state index is -1.03. The van der Waals surface area contributed by atoms with Gasteiger partial charge in [-0.1, -0.05) is 0 Å². The molecule has 2 unspecified atom stereocenters. The summed E-state index contributed by atoms with van der Waals surface area (Å²) >= 11 is 1.64. The Bertz CT molecular complexity index is 235. The minimum absolute atomic E-state index is 0.0843. The fourth-order valence-corrected chi connectivity index (χ4v) is 1.61. The zero-order valence-electron chi connectivity index (χ0n) is 9.48. The van der Waals surface area contributed by atoms with E-state index < -0.39 is 12.0 Å². The maximum atomic E-state index is 11.5. The molecule has 5 nitrogen and oxygen atoms in total. The highest BCUT2D eigenvalue weighted by atomic mass is 32.2. The number of hydrogen-bond donors (Lipinski definition) is 2. The number of aliphatic carboxylic acids is 1. The van der Waals surface area contributed by atoms with E-state index in [1.54, 1.807) is 18.8 Å². The van der Waals surface area contributed by atoms with Gasteiger partial charge in [-0.2, -0.15) is 11.8 Å². The normalized spacial score (nSPS) is 14.1. The van der Waals surface area contributed by atoms with Crippen LogP contribution in [0.25, 0.3) is 0 Å². The van der Waals surface area contributed by atoms with Crippen LogP contribution in [0.15, 0.2) is 0 Å². The minimum Gasteiger partial charge on any atom is -0.480 e. The van der Waals surface area contributed by atoms with Gasteiger partial charge < -0.3 is 15.3 Å². The molecule has 0 radical (unpaired) electrons. The van der Waals surface area contributed by atoms with Gasteiger partial charge in [0.15, 0.2) is 0 Å². The van der Waals surface area contributed by atoms with Crippen LogP contribution in [0.4, 0.5) is 4.79 Å². The van der Waals surface area contributed by atoms with Crippen molar-refractivity contribution in [1.29, 1.82) is 0 Å². The van der Waals surface area contributed by atoms with Crippen molar-refractivity contribution in [2.24, 2.45) is 0 Å². The van der Waals surface area contributed by atoms with Crippen LogP contribution in [0.2, 0.25) is 0 Å². The fourth-order valence-electron chi connectivity index (χ4n) is 0.902. The quantitative estimate of drug-likeness (QED) is 0.740. The van der Waals surface area contributed by atoms with Crippen LogP contribution in [0.1, 0.15) is 13.8 Å². The van der Waals surface area contributed by atoms with Crippen molar-refractivity contribution >= 4 is 23.8 Å². The van der Waals surface area contributed by atoms with Gasteiger partial charge in [-0.15, -0.1) is 0 Å². The molecule has 0 rings (SSSR count). The average molecular weight is 234 g/mol. The lowest BCUT2D eigenvalue weighted by molar-refractivity contribution is -0.138. The predicted octanol–water partition coefficient (Wildman–Crippen LogP) is 0.852. The molecular weight excluding hydrogens is 216 g/mol. The lowest BCUT2D eigenvalue weighted by Gasteiger charge is -2.25. The Balaban J connectivity index is 4.14. The van der Waals surface area contributed by atoms with E-state index in [0.717, 1.165) is 5.75 Å². The highest BCUT2D eigenvalue weighted by Crippen LogP contribution is 2.03. The Kier molecular flexibility index (Phi) is 6.15. The number of carboxylic acids is 1. The van der Waals surface area contributed by atoms with E-state index in [1.807, 2.05) is 13.2 Å². The first kappa shape index (κ1) is 14.1. The summed E-state index contributed by atoms with van der Waals surface area (Å²) in [5.74, 6) is -0.208. The molecule has 0 saturated heterocycles. The zero-order valence-corrected chi connectivity index (χ0v) is 10.3. The van der Waals surface area contributed by atoms with Crippen molar-refractivity contribution in [3.05, 3.63) is 0 Å². The van der Waals surface area contributed by atoms with Crippen LogP contribution >= 0.6 is 11.8 Å². The summed E-state index contributed by atoms with van der Waals surface area (Å²) < 4.78 is 0. The Morgan fingerprint density at radius 2 is 2.00 bits per heavy atom. The summed E-state index contributed by atoms with van der Waals surface area (Å²) in [6.45, 7) is 3.36. The molecule has 0 aromatic heterocycles. The first-order valence-electron chi connectivity index (χ1n) is 4.65. The topological polar surface area (TPSA) is 69.6 Å². The van der Waals surface area contributed by atoms with Crippen LogP contribution in [-0.2, 0) is 4.79 Å². The third-order valence-electron chi connectivity index (χ3n) is 2.10. The molecule has 0 aromatic carbocycles. The molecule has 0 bridgehead atoms. The summed E-state index contributed by atoms with van der Waals surface area (Å²) in [6.07, 6.45) is 1.96. The van der Waals surface area contributed by atoms with Crippen LogP contribution in [0, 0.1) is 0 Å². The molecule has 2 atom stereocenters. The molecule has 0 aliphatic heterocycles. The molecule has 88 valence electrons. The maximum absolute atomic E-state index is 11.5. The zero-order chi connectivity index (χ0) is 12.0. The van der Waals surface area contributed by atoms with E-state index >= 15 is 0 Å². The van der Waals surface area contributed by atoms with Gasteiger partial charge in [-0.3, -0.25) is 4.79 Å². The molecular formula is C9H18N2O3S. The van der Waals surface area contributed by atoms with E-state index in [2.05, 4.69) is 5.32 Å². The molecule has 6 heteroatoms. The maximum Gasteiger partial charge on any atom is 0.325 e. The largest absolute Gasteiger partial charge is 0.480 e. The number of amides is 2. The van der Waals surface area contributed by atoms with Crippen molar-refractivity contribution in [3.63, 3.8) is 0 Å². The van der Waals surface area contributed by atoms with Gasteiger partial charge in [0, 0.05) is 18.8 Å². The second kappa shape index (κ2) is 6.55. The molecule has 0 saturated carbocycles. The van der Waals surface area contributed by atoms with Crippen LogP contribution in [0.3, 0.4) is 0 Å². The second-order valence-corrected chi connectivity index (χ2v) is 4.34. The van der Waals surface area contributed by atoms with Crippen LogP contribution in [0.5, 0.6) is 0 Å². The number of rotatable bonds is 5. The van der Waals surface area contributed by atoms with Crippen molar-refractivity contribution < 1.29 is 14.7 Å². The Morgan fingerprint density at radius 3 is 2.40 bits per heavy atom. The van der Waals surface area contributed by atoms with Crippen molar-refractivity contribution in [1.82, 2.24) is 10.2 Å². The van der Waals surface area contributed by atoms with Gasteiger partial charge in [0.25, 0.3) is 0 Å². The Labute approximate surface area is 94.2 Å². The number of urea groups is 1. The Morgan fingerprint density at radius 1 is 1.47 bits per heavy atom. The third kappa shape index (κ3) is 4.92. The number of nitrogens with one attached hydrogen (secondary N) is 1. The lowest BCUT2D eigenvalue weighted by atomic mass is 10.3. The van der Waals surface area contributed by atoms with Crippen molar-refractivity contribution in [2.75, 3.05) is 19.1 Å². The number of carboxylic acid groups (broad SMARTS) is 1. The summed E-state index contributed by atoms with van der Waals surface area (Å²) in [5.41, 5.74) is 0. The van der Waals surface area contributed by atoms with E-state index in [-0.39, 0.29) is 12.1 Å². The highest BCUT2D eigenvalue weighted by Gasteiger charge is 2.19. The first-order chi connectivity index (χ1) is 6.90. The van der Waals surface area contributed by atoms with Gasteiger partial charge in [-0.25, -0.2) is 4.79 Å². The lowest BCUT2D eigenvalue weighted by Crippen LogP contribution is -2.48. The summed E-state index contributed by atoms with van der Waals surface area (Å²) in [6, 6.07) is -1.13. The molecule has 0 fully saturated rings. The number of hydrogen-bond acceptors (Lipinski definition) is 3. The SMILES string of the molecule is CSCC(C)N(C)C(=O)NC(C)C(=O)O. The highest BCUT2D eigenvalue weighted by molar-refractivity contribution is 7.98. The number of thioether (sulfide) groups is 1. The van der Waals surface area contributed by atoms with E-state index in [9.17, 15) is 9.59 Å².